The molecule has 4 heteroatoms. The molecule has 1 aromatic heterocycles. The fraction of sp³-hybridized carbons (Fsp3) is 0.235. The number of nitrogens with two attached hydrogens (primary N) is 1. The van der Waals surface area contributed by atoms with E-state index in [1.807, 2.05) is 30.6 Å². The summed E-state index contributed by atoms with van der Waals surface area (Å²) in [4.78, 5) is 4.42. The Labute approximate surface area is 124 Å². The fourth-order valence-electron chi connectivity index (χ4n) is 2.61. The number of imidazole rings is 1. The number of para-hydroxylation sites is 2. The quantitative estimate of drug-likeness (QED) is 0.539. The van der Waals surface area contributed by atoms with Gasteiger partial charge >= 0.3 is 0 Å². The van der Waals surface area contributed by atoms with Crippen molar-refractivity contribution in [2.75, 3.05) is 0 Å². The number of nitrogens with zero attached hydrogens (tertiary/aromatic N) is 2. The molecule has 3 rings (SSSR count). The van der Waals surface area contributed by atoms with Crippen LogP contribution in [0.25, 0.3) is 11.0 Å². The predicted octanol–water partition coefficient (Wildman–Crippen LogP) is 2.50. The number of aryl methyl sites for hydroxylation is 1. The molecular formula is C17H20N4. The molecule has 3 N–H and O–H groups in total. The Hall–Kier alpha value is -2.17. The minimum absolute atomic E-state index is 0.225. The average molecular weight is 280 g/mol. The third-order valence-electron chi connectivity index (χ3n) is 3.80. The zero-order valence-corrected chi connectivity index (χ0v) is 11.9. The highest BCUT2D eigenvalue weighted by Gasteiger charge is 2.10. The van der Waals surface area contributed by atoms with Crippen molar-refractivity contribution in [2.45, 2.75) is 25.4 Å². The smallest absolute Gasteiger partial charge is 0.0958 e. The fourth-order valence-corrected chi connectivity index (χ4v) is 2.61. The van der Waals surface area contributed by atoms with Gasteiger partial charge in [-0.05, 0) is 30.5 Å². The lowest BCUT2D eigenvalue weighted by Crippen LogP contribution is -2.38. The Morgan fingerprint density at radius 3 is 2.62 bits per heavy atom. The predicted molar refractivity (Wildman–Crippen MR) is 85.6 cm³/mol. The molecule has 4 nitrogen and oxygen atoms in total. The van der Waals surface area contributed by atoms with Gasteiger partial charge in [-0.25, -0.2) is 4.98 Å². The van der Waals surface area contributed by atoms with Gasteiger partial charge in [-0.3, -0.25) is 11.3 Å². The molecule has 0 aliphatic heterocycles. The van der Waals surface area contributed by atoms with E-state index in [1.165, 1.54) is 5.56 Å². The van der Waals surface area contributed by atoms with Crippen molar-refractivity contribution in [3.8, 4) is 0 Å². The van der Waals surface area contributed by atoms with Crippen LogP contribution in [0.15, 0.2) is 60.9 Å². The summed E-state index contributed by atoms with van der Waals surface area (Å²) in [7, 11) is 0. The zero-order chi connectivity index (χ0) is 14.5. The van der Waals surface area contributed by atoms with Gasteiger partial charge in [-0.1, -0.05) is 42.5 Å². The van der Waals surface area contributed by atoms with Crippen LogP contribution in [0, 0.1) is 0 Å². The lowest BCUT2D eigenvalue weighted by Gasteiger charge is -2.17. The van der Waals surface area contributed by atoms with Gasteiger partial charge in [-0.2, -0.15) is 0 Å². The molecule has 1 heterocycles. The molecular weight excluding hydrogens is 260 g/mol. The second-order valence-corrected chi connectivity index (χ2v) is 5.27. The zero-order valence-electron chi connectivity index (χ0n) is 11.9. The Kier molecular flexibility index (Phi) is 4.28. The molecule has 3 aromatic rings. The van der Waals surface area contributed by atoms with Crippen molar-refractivity contribution in [3.05, 3.63) is 66.5 Å². The number of hydrazine groups is 1. The third kappa shape index (κ3) is 3.29. The van der Waals surface area contributed by atoms with E-state index in [1.54, 1.807) is 0 Å². The average Bonchev–Trinajstić information content (AvgIpc) is 2.95. The largest absolute Gasteiger partial charge is 0.329 e. The number of rotatable bonds is 6. The van der Waals surface area contributed by atoms with E-state index in [2.05, 4.69) is 45.3 Å². The maximum atomic E-state index is 5.71. The SMILES string of the molecule is NNC(CCc1ccccc1)Cn1cnc2ccccc21. The summed E-state index contributed by atoms with van der Waals surface area (Å²) in [5, 5.41) is 0. The molecule has 0 saturated carbocycles. The third-order valence-corrected chi connectivity index (χ3v) is 3.80. The van der Waals surface area contributed by atoms with Crippen LogP contribution in [0.4, 0.5) is 0 Å². The van der Waals surface area contributed by atoms with E-state index in [-0.39, 0.29) is 6.04 Å². The normalized spacial score (nSPS) is 12.6. The Morgan fingerprint density at radius 2 is 1.81 bits per heavy atom. The Bertz CT molecular complexity index is 690. The molecule has 0 bridgehead atoms. The number of benzene rings is 2. The lowest BCUT2D eigenvalue weighted by molar-refractivity contribution is 0.437. The van der Waals surface area contributed by atoms with Crippen LogP contribution in [0.5, 0.6) is 0 Å². The van der Waals surface area contributed by atoms with Gasteiger partial charge in [-0.15, -0.1) is 0 Å². The first kappa shape index (κ1) is 13.8. The highest BCUT2D eigenvalue weighted by molar-refractivity contribution is 5.74. The summed E-state index contributed by atoms with van der Waals surface area (Å²) in [5.41, 5.74) is 6.44. The van der Waals surface area contributed by atoms with Crippen molar-refractivity contribution in [1.82, 2.24) is 15.0 Å². The molecule has 1 unspecified atom stereocenters. The van der Waals surface area contributed by atoms with Gasteiger partial charge < -0.3 is 4.57 Å². The highest BCUT2D eigenvalue weighted by atomic mass is 15.2. The van der Waals surface area contributed by atoms with Crippen molar-refractivity contribution in [1.29, 1.82) is 0 Å². The summed E-state index contributed by atoms with van der Waals surface area (Å²) < 4.78 is 2.16. The summed E-state index contributed by atoms with van der Waals surface area (Å²) in [5.74, 6) is 5.71. The Morgan fingerprint density at radius 1 is 1.05 bits per heavy atom. The number of hydrogen-bond donors (Lipinski definition) is 2. The minimum atomic E-state index is 0.225. The maximum absolute atomic E-state index is 5.71. The first-order valence-corrected chi connectivity index (χ1v) is 7.27. The van der Waals surface area contributed by atoms with Gasteiger partial charge in [0.15, 0.2) is 0 Å². The molecule has 0 radical (unpaired) electrons. The van der Waals surface area contributed by atoms with Crippen LogP contribution in [-0.2, 0) is 13.0 Å². The molecule has 1 atom stereocenters. The summed E-state index contributed by atoms with van der Waals surface area (Å²) in [6.45, 7) is 0.823. The standard InChI is InChI=1S/C17H20N4/c18-20-15(11-10-14-6-2-1-3-7-14)12-21-13-19-16-8-4-5-9-17(16)21/h1-9,13,15,20H,10-12,18H2. The molecule has 21 heavy (non-hydrogen) atoms. The molecule has 2 aromatic carbocycles. The topological polar surface area (TPSA) is 55.9 Å². The number of hydrogen-bond acceptors (Lipinski definition) is 3. The van der Waals surface area contributed by atoms with E-state index in [0.29, 0.717) is 0 Å². The summed E-state index contributed by atoms with van der Waals surface area (Å²) in [6.07, 6.45) is 3.90. The highest BCUT2D eigenvalue weighted by Crippen LogP contribution is 2.13. The number of fused-ring (bicyclic) bond motifs is 1. The van der Waals surface area contributed by atoms with E-state index in [0.717, 1.165) is 30.4 Å². The molecule has 0 amide bonds. The molecule has 0 aliphatic rings. The summed E-state index contributed by atoms with van der Waals surface area (Å²) in [6, 6.07) is 18.9. The second-order valence-electron chi connectivity index (χ2n) is 5.27. The number of aromatic nitrogens is 2. The van der Waals surface area contributed by atoms with Gasteiger partial charge in [0, 0.05) is 12.6 Å². The first-order chi connectivity index (χ1) is 10.4. The molecule has 0 aliphatic carbocycles. The molecule has 0 fully saturated rings. The van der Waals surface area contributed by atoms with Crippen LogP contribution in [0.3, 0.4) is 0 Å². The molecule has 0 spiro atoms. The van der Waals surface area contributed by atoms with Gasteiger partial charge in [0.2, 0.25) is 0 Å². The van der Waals surface area contributed by atoms with E-state index in [4.69, 9.17) is 5.84 Å². The van der Waals surface area contributed by atoms with Crippen LogP contribution >= 0.6 is 0 Å². The van der Waals surface area contributed by atoms with E-state index < -0.39 is 0 Å². The second kappa shape index (κ2) is 6.52. The first-order valence-electron chi connectivity index (χ1n) is 7.27. The van der Waals surface area contributed by atoms with Crippen molar-refractivity contribution < 1.29 is 0 Å². The van der Waals surface area contributed by atoms with Crippen LogP contribution < -0.4 is 11.3 Å². The molecule has 108 valence electrons. The van der Waals surface area contributed by atoms with Gasteiger partial charge in [0.25, 0.3) is 0 Å². The monoisotopic (exact) mass is 280 g/mol. The van der Waals surface area contributed by atoms with Crippen LogP contribution in [0.2, 0.25) is 0 Å². The van der Waals surface area contributed by atoms with Crippen molar-refractivity contribution in [3.63, 3.8) is 0 Å². The van der Waals surface area contributed by atoms with Gasteiger partial charge in [0.05, 0.1) is 17.4 Å². The number of nitrogens with one attached hydrogen (secondary N) is 1. The van der Waals surface area contributed by atoms with Gasteiger partial charge in [0.1, 0.15) is 0 Å². The summed E-state index contributed by atoms with van der Waals surface area (Å²) >= 11 is 0. The molecule has 0 saturated heterocycles. The maximum Gasteiger partial charge on any atom is 0.0958 e. The van der Waals surface area contributed by atoms with Crippen LogP contribution in [-0.4, -0.2) is 15.6 Å². The van der Waals surface area contributed by atoms with Crippen molar-refractivity contribution >= 4 is 11.0 Å². The van der Waals surface area contributed by atoms with Crippen LogP contribution in [0.1, 0.15) is 12.0 Å². The lowest BCUT2D eigenvalue weighted by atomic mass is 10.1. The Balaban J connectivity index is 1.67. The van der Waals surface area contributed by atoms with E-state index in [9.17, 15) is 0 Å². The van der Waals surface area contributed by atoms with E-state index >= 15 is 0 Å². The van der Waals surface area contributed by atoms with Crippen molar-refractivity contribution in [2.24, 2.45) is 5.84 Å². The minimum Gasteiger partial charge on any atom is -0.329 e.